The molecule has 0 aliphatic heterocycles. The van der Waals surface area contributed by atoms with Crippen molar-refractivity contribution in [2.24, 2.45) is 0 Å². The van der Waals surface area contributed by atoms with Crippen molar-refractivity contribution in [3.8, 4) is 0 Å². The van der Waals surface area contributed by atoms with Gasteiger partial charge in [0.05, 0.1) is 6.54 Å². The minimum absolute atomic E-state index is 0. The zero-order chi connectivity index (χ0) is 11.6. The number of nitrogens with one attached hydrogen (secondary N) is 1. The van der Waals surface area contributed by atoms with Crippen molar-refractivity contribution >= 4 is 34.3 Å². The molecule has 5 heteroatoms. The highest BCUT2D eigenvalue weighted by Gasteiger charge is 2.38. The topological polar surface area (TPSA) is 49.3 Å². The summed E-state index contributed by atoms with van der Waals surface area (Å²) >= 11 is 3.40. The van der Waals surface area contributed by atoms with E-state index in [9.17, 15) is 4.79 Å². The highest BCUT2D eigenvalue weighted by molar-refractivity contribution is 9.10. The van der Waals surface area contributed by atoms with Gasteiger partial charge in [-0.15, -0.1) is 12.4 Å². The highest BCUT2D eigenvalue weighted by atomic mass is 79.9. The molecule has 2 rings (SSSR count). The fourth-order valence-electron chi connectivity index (χ4n) is 2.11. The van der Waals surface area contributed by atoms with Crippen LogP contribution in [-0.4, -0.2) is 17.6 Å². The molecular weight excluding hydrogens is 305 g/mol. The summed E-state index contributed by atoms with van der Waals surface area (Å²) in [5.74, 6) is -0.802. The molecule has 0 amide bonds. The molecule has 0 radical (unpaired) electrons. The second kappa shape index (κ2) is 5.85. The van der Waals surface area contributed by atoms with E-state index in [4.69, 9.17) is 5.11 Å². The summed E-state index contributed by atoms with van der Waals surface area (Å²) in [6.07, 6.45) is 3.19. The summed E-state index contributed by atoms with van der Waals surface area (Å²) < 4.78 is 1.05. The molecule has 3 nitrogen and oxygen atoms in total. The van der Waals surface area contributed by atoms with Crippen LogP contribution in [0.4, 0.5) is 0 Å². The van der Waals surface area contributed by atoms with Gasteiger partial charge in [0.15, 0.2) is 0 Å². The molecule has 2 N–H and O–H groups in total. The third-order valence-electron chi connectivity index (χ3n) is 3.18. The van der Waals surface area contributed by atoms with Crippen molar-refractivity contribution in [1.29, 1.82) is 0 Å². The van der Waals surface area contributed by atoms with Gasteiger partial charge < -0.3 is 5.11 Å². The van der Waals surface area contributed by atoms with Crippen molar-refractivity contribution in [3.05, 3.63) is 34.3 Å². The first-order valence-corrected chi connectivity index (χ1v) is 6.15. The largest absolute Gasteiger partial charge is 0.480 e. The Hall–Kier alpha value is -0.580. The van der Waals surface area contributed by atoms with Gasteiger partial charge >= 0.3 is 5.97 Å². The summed E-state index contributed by atoms with van der Waals surface area (Å²) in [6, 6.07) is 8.10. The molecule has 0 bridgehead atoms. The Morgan fingerprint density at radius 3 is 2.35 bits per heavy atom. The van der Waals surface area contributed by atoms with E-state index in [1.165, 1.54) is 5.56 Å². The summed E-state index contributed by atoms with van der Waals surface area (Å²) in [7, 11) is 0. The Kier molecular flexibility index (Phi) is 4.98. The average molecular weight is 321 g/mol. The van der Waals surface area contributed by atoms with Gasteiger partial charge in [-0.2, -0.15) is 0 Å². The first-order valence-electron chi connectivity index (χ1n) is 5.35. The maximum Gasteiger partial charge on any atom is 0.317 e. The smallest absolute Gasteiger partial charge is 0.317 e. The molecule has 1 fully saturated rings. The zero-order valence-electron chi connectivity index (χ0n) is 9.28. The molecule has 1 saturated carbocycles. The van der Waals surface area contributed by atoms with Crippen molar-refractivity contribution in [3.63, 3.8) is 0 Å². The van der Waals surface area contributed by atoms with Crippen molar-refractivity contribution < 1.29 is 9.90 Å². The number of halogens is 2. The van der Waals surface area contributed by atoms with Gasteiger partial charge in [-0.25, -0.2) is 0 Å². The lowest BCUT2D eigenvalue weighted by Crippen LogP contribution is -2.49. The molecule has 1 aliphatic carbocycles. The third-order valence-corrected chi connectivity index (χ3v) is 3.71. The van der Waals surface area contributed by atoms with E-state index in [2.05, 4.69) is 33.4 Å². The van der Waals surface area contributed by atoms with E-state index in [0.717, 1.165) is 23.7 Å². The average Bonchev–Trinajstić information content (AvgIpc) is 2.18. The summed E-state index contributed by atoms with van der Waals surface area (Å²) in [6.45, 7) is 0.0239. The van der Waals surface area contributed by atoms with E-state index in [0.29, 0.717) is 0 Å². The summed E-state index contributed by atoms with van der Waals surface area (Å²) in [5, 5.41) is 11.9. The van der Waals surface area contributed by atoms with Gasteiger partial charge in [0.25, 0.3) is 0 Å². The number of rotatable bonds is 4. The van der Waals surface area contributed by atoms with Crippen LogP contribution in [0.15, 0.2) is 28.7 Å². The number of hydrogen-bond donors (Lipinski definition) is 2. The monoisotopic (exact) mass is 319 g/mol. The molecule has 0 saturated heterocycles. The van der Waals surface area contributed by atoms with E-state index in [1.807, 2.05) is 12.1 Å². The normalized spacial score (nSPS) is 16.8. The molecule has 1 aromatic rings. The van der Waals surface area contributed by atoms with Gasteiger partial charge in [0.1, 0.15) is 0 Å². The van der Waals surface area contributed by atoms with Gasteiger partial charge in [0.2, 0.25) is 0 Å². The summed E-state index contributed by atoms with van der Waals surface area (Å²) in [5.41, 5.74) is 1.07. The van der Waals surface area contributed by atoms with Crippen molar-refractivity contribution in [2.45, 2.75) is 24.8 Å². The lowest BCUT2D eigenvalue weighted by atomic mass is 9.72. The fourth-order valence-corrected chi connectivity index (χ4v) is 2.38. The van der Waals surface area contributed by atoms with Gasteiger partial charge in [-0.1, -0.05) is 28.1 Å². The van der Waals surface area contributed by atoms with E-state index in [-0.39, 0.29) is 24.5 Å². The molecule has 0 atom stereocenters. The maximum absolute atomic E-state index is 10.6. The van der Waals surface area contributed by atoms with Crippen LogP contribution in [0, 0.1) is 0 Å². The van der Waals surface area contributed by atoms with Gasteiger partial charge in [-0.3, -0.25) is 10.1 Å². The van der Waals surface area contributed by atoms with Crippen LogP contribution < -0.4 is 5.32 Å². The quantitative estimate of drug-likeness (QED) is 0.897. The van der Waals surface area contributed by atoms with Crippen LogP contribution in [0.3, 0.4) is 0 Å². The predicted molar refractivity (Wildman–Crippen MR) is 72.6 cm³/mol. The standard InChI is InChI=1S/C12H14BrNO2.ClH/c13-10-4-2-9(3-5-10)12(6-1-7-12)14-8-11(15)16;/h2-5,14H,1,6-8H2,(H,15,16);1H. The number of benzene rings is 1. The number of hydrogen-bond acceptors (Lipinski definition) is 2. The third kappa shape index (κ3) is 3.21. The molecule has 1 aliphatic rings. The van der Waals surface area contributed by atoms with Crippen molar-refractivity contribution in [1.82, 2.24) is 5.32 Å². The molecule has 0 heterocycles. The van der Waals surface area contributed by atoms with Gasteiger partial charge in [0, 0.05) is 10.0 Å². The number of carbonyl (C=O) groups is 1. The van der Waals surface area contributed by atoms with Crippen LogP contribution in [0.25, 0.3) is 0 Å². The van der Waals surface area contributed by atoms with Crippen LogP contribution in [0.2, 0.25) is 0 Å². The second-order valence-corrected chi connectivity index (χ2v) is 5.11. The molecule has 1 aromatic carbocycles. The van der Waals surface area contributed by atoms with Crippen LogP contribution >= 0.6 is 28.3 Å². The molecule has 0 aromatic heterocycles. The van der Waals surface area contributed by atoms with Crippen molar-refractivity contribution in [2.75, 3.05) is 6.54 Å². The Labute approximate surface area is 115 Å². The number of carboxylic acids is 1. The van der Waals surface area contributed by atoms with Crippen LogP contribution in [0.1, 0.15) is 24.8 Å². The highest BCUT2D eigenvalue weighted by Crippen LogP contribution is 2.41. The second-order valence-electron chi connectivity index (χ2n) is 4.19. The lowest BCUT2D eigenvalue weighted by Gasteiger charge is -2.43. The Bertz CT molecular complexity index is 390. The SMILES string of the molecule is Cl.O=C(O)CNC1(c2ccc(Br)cc2)CCC1. The Morgan fingerprint density at radius 1 is 1.35 bits per heavy atom. The Balaban J connectivity index is 0.00000144. The first-order chi connectivity index (χ1) is 7.62. The maximum atomic E-state index is 10.6. The zero-order valence-corrected chi connectivity index (χ0v) is 11.7. The van der Waals surface area contributed by atoms with E-state index < -0.39 is 5.97 Å². The number of carboxylic acid groups (broad SMARTS) is 1. The van der Waals surface area contributed by atoms with Gasteiger partial charge in [-0.05, 0) is 37.0 Å². The molecule has 17 heavy (non-hydrogen) atoms. The first kappa shape index (κ1) is 14.5. The molecular formula is C12H15BrClNO2. The molecule has 94 valence electrons. The van der Waals surface area contributed by atoms with E-state index >= 15 is 0 Å². The number of aliphatic carboxylic acids is 1. The Morgan fingerprint density at radius 2 is 1.94 bits per heavy atom. The fraction of sp³-hybridized carbons (Fsp3) is 0.417. The minimum Gasteiger partial charge on any atom is -0.480 e. The molecule has 0 unspecified atom stereocenters. The van der Waals surface area contributed by atoms with E-state index in [1.54, 1.807) is 0 Å². The van der Waals surface area contributed by atoms with Crippen LogP contribution in [0.5, 0.6) is 0 Å². The predicted octanol–water partition coefficient (Wildman–Crippen LogP) is 2.92. The lowest BCUT2D eigenvalue weighted by molar-refractivity contribution is -0.136. The molecule has 0 spiro atoms. The summed E-state index contributed by atoms with van der Waals surface area (Å²) in [4.78, 5) is 10.6. The van der Waals surface area contributed by atoms with Crippen LogP contribution in [-0.2, 0) is 10.3 Å². The minimum atomic E-state index is -0.802.